The molecule has 6 nitrogen and oxygen atoms in total. The summed E-state index contributed by atoms with van der Waals surface area (Å²) in [7, 11) is 3.27. The summed E-state index contributed by atoms with van der Waals surface area (Å²) in [4.78, 5) is 14.5. The minimum Gasteiger partial charge on any atom is -0.377 e. The zero-order valence-corrected chi connectivity index (χ0v) is 14.8. The first-order chi connectivity index (χ1) is 11.5. The van der Waals surface area contributed by atoms with Crippen molar-refractivity contribution < 1.29 is 9.47 Å². The highest BCUT2D eigenvalue weighted by Crippen LogP contribution is 2.27. The van der Waals surface area contributed by atoms with E-state index in [4.69, 9.17) is 32.7 Å². The topological polar surface area (TPSA) is 56.6 Å². The molecule has 0 saturated carbocycles. The number of aromatic nitrogens is 2. The number of benzene rings is 1. The SMILES string of the molecule is CO[C@H]1CN(c2cnn(-c3ccc(Cl)cc3)c(=O)c2Cl)C[C@H]1OC. The van der Waals surface area contributed by atoms with Gasteiger partial charge in [-0.1, -0.05) is 23.2 Å². The second-order valence-corrected chi connectivity index (χ2v) is 6.30. The lowest BCUT2D eigenvalue weighted by atomic mass is 10.3. The quantitative estimate of drug-likeness (QED) is 0.827. The maximum Gasteiger partial charge on any atom is 0.292 e. The summed E-state index contributed by atoms with van der Waals surface area (Å²) in [6, 6.07) is 6.81. The van der Waals surface area contributed by atoms with E-state index in [-0.39, 0.29) is 22.8 Å². The molecule has 1 aliphatic heterocycles. The van der Waals surface area contributed by atoms with E-state index in [1.165, 1.54) is 4.68 Å². The van der Waals surface area contributed by atoms with Gasteiger partial charge in [0.25, 0.3) is 5.56 Å². The summed E-state index contributed by atoms with van der Waals surface area (Å²) in [5.74, 6) is 0. The van der Waals surface area contributed by atoms with E-state index in [1.54, 1.807) is 44.7 Å². The second-order valence-electron chi connectivity index (χ2n) is 5.49. The van der Waals surface area contributed by atoms with Crippen LogP contribution in [0.3, 0.4) is 0 Å². The van der Waals surface area contributed by atoms with Crippen molar-refractivity contribution in [2.75, 3.05) is 32.2 Å². The molecule has 2 heterocycles. The molecule has 1 aliphatic rings. The van der Waals surface area contributed by atoms with Gasteiger partial charge in [-0.05, 0) is 24.3 Å². The van der Waals surface area contributed by atoms with Crippen LogP contribution in [0.15, 0.2) is 35.3 Å². The van der Waals surface area contributed by atoms with Crippen LogP contribution in [0.4, 0.5) is 5.69 Å². The molecular formula is C16H17Cl2N3O3. The van der Waals surface area contributed by atoms with Gasteiger partial charge in [0, 0.05) is 32.3 Å². The summed E-state index contributed by atoms with van der Waals surface area (Å²) in [6.45, 7) is 1.17. The maximum atomic E-state index is 12.6. The standard InChI is InChI=1S/C16H17Cl2N3O3/c1-23-13-8-20(9-14(13)24-2)12-7-19-21(16(22)15(12)18)11-5-3-10(17)4-6-11/h3-7,13-14H,8-9H2,1-2H3/t13-,14+. The lowest BCUT2D eigenvalue weighted by Crippen LogP contribution is -2.28. The Hall–Kier alpha value is -1.60. The summed E-state index contributed by atoms with van der Waals surface area (Å²) in [5, 5.41) is 4.94. The molecule has 0 aliphatic carbocycles. The van der Waals surface area contributed by atoms with Crippen molar-refractivity contribution >= 4 is 28.9 Å². The number of methoxy groups -OCH3 is 2. The van der Waals surface area contributed by atoms with Crippen LogP contribution in [0.2, 0.25) is 10.0 Å². The Morgan fingerprint density at radius 3 is 2.21 bits per heavy atom. The predicted octanol–water partition coefficient (Wildman–Crippen LogP) is 2.39. The van der Waals surface area contributed by atoms with Gasteiger partial charge < -0.3 is 14.4 Å². The van der Waals surface area contributed by atoms with E-state index in [0.717, 1.165) is 0 Å². The Kier molecular flexibility index (Phi) is 5.10. The van der Waals surface area contributed by atoms with Gasteiger partial charge >= 0.3 is 0 Å². The first kappa shape index (κ1) is 17.2. The fourth-order valence-corrected chi connectivity index (χ4v) is 3.18. The van der Waals surface area contributed by atoms with Gasteiger partial charge in [0.1, 0.15) is 17.2 Å². The largest absolute Gasteiger partial charge is 0.377 e. The van der Waals surface area contributed by atoms with Crippen LogP contribution in [0, 0.1) is 0 Å². The van der Waals surface area contributed by atoms with Crippen LogP contribution in [0.1, 0.15) is 0 Å². The number of nitrogens with zero attached hydrogens (tertiary/aromatic N) is 3. The number of anilines is 1. The van der Waals surface area contributed by atoms with Crippen LogP contribution in [-0.2, 0) is 9.47 Å². The third-order valence-corrected chi connectivity index (χ3v) is 4.74. The number of hydrogen-bond donors (Lipinski definition) is 0. The van der Waals surface area contributed by atoms with Gasteiger partial charge in [-0.3, -0.25) is 4.79 Å². The molecule has 8 heteroatoms. The Morgan fingerprint density at radius 1 is 1.08 bits per heavy atom. The van der Waals surface area contributed by atoms with Gasteiger partial charge in [0.05, 0.1) is 17.6 Å². The van der Waals surface area contributed by atoms with Crippen LogP contribution < -0.4 is 10.5 Å². The van der Waals surface area contributed by atoms with Crippen molar-refractivity contribution in [2.24, 2.45) is 0 Å². The second kappa shape index (κ2) is 7.11. The van der Waals surface area contributed by atoms with Gasteiger partial charge in [-0.2, -0.15) is 9.78 Å². The molecule has 0 unspecified atom stereocenters. The zero-order valence-electron chi connectivity index (χ0n) is 13.3. The van der Waals surface area contributed by atoms with Crippen molar-refractivity contribution in [1.29, 1.82) is 0 Å². The fraction of sp³-hybridized carbons (Fsp3) is 0.375. The Bertz CT molecular complexity index is 767. The lowest BCUT2D eigenvalue weighted by Gasteiger charge is -2.19. The van der Waals surface area contributed by atoms with Crippen molar-refractivity contribution in [1.82, 2.24) is 9.78 Å². The first-order valence-corrected chi connectivity index (χ1v) is 8.15. The first-order valence-electron chi connectivity index (χ1n) is 7.39. The molecule has 1 aromatic carbocycles. The van der Waals surface area contributed by atoms with E-state index >= 15 is 0 Å². The summed E-state index contributed by atoms with van der Waals surface area (Å²) < 4.78 is 12.1. The van der Waals surface area contributed by atoms with Gasteiger partial charge in [0.15, 0.2) is 0 Å². The number of halogens is 2. The molecule has 128 valence electrons. The van der Waals surface area contributed by atoms with Gasteiger partial charge in [-0.25, -0.2) is 0 Å². The molecule has 3 rings (SSSR count). The summed E-state index contributed by atoms with van der Waals surface area (Å²) in [6.07, 6.45) is 1.43. The third kappa shape index (κ3) is 3.15. The van der Waals surface area contributed by atoms with E-state index in [2.05, 4.69) is 5.10 Å². The third-order valence-electron chi connectivity index (χ3n) is 4.13. The highest BCUT2D eigenvalue weighted by Gasteiger charge is 2.34. The van der Waals surface area contributed by atoms with Crippen LogP contribution in [0.5, 0.6) is 0 Å². The minimum atomic E-state index is -0.383. The van der Waals surface area contributed by atoms with Crippen molar-refractivity contribution in [3.63, 3.8) is 0 Å². The molecule has 1 aromatic heterocycles. The molecule has 0 spiro atoms. The molecule has 1 fully saturated rings. The summed E-state index contributed by atoms with van der Waals surface area (Å²) >= 11 is 12.2. The molecule has 0 radical (unpaired) electrons. The zero-order chi connectivity index (χ0) is 17.3. The number of ether oxygens (including phenoxy) is 2. The smallest absolute Gasteiger partial charge is 0.292 e. The minimum absolute atomic E-state index is 0.0789. The molecular weight excluding hydrogens is 353 g/mol. The summed E-state index contributed by atoms with van der Waals surface area (Å²) in [5.41, 5.74) is 0.795. The van der Waals surface area contributed by atoms with Crippen LogP contribution in [-0.4, -0.2) is 49.3 Å². The Balaban J connectivity index is 1.94. The molecule has 24 heavy (non-hydrogen) atoms. The van der Waals surface area contributed by atoms with Crippen LogP contribution in [0.25, 0.3) is 5.69 Å². The highest BCUT2D eigenvalue weighted by molar-refractivity contribution is 6.33. The molecule has 2 aromatic rings. The number of rotatable bonds is 4. The van der Waals surface area contributed by atoms with Gasteiger partial charge in [-0.15, -0.1) is 0 Å². The average molecular weight is 370 g/mol. The van der Waals surface area contributed by atoms with Crippen molar-refractivity contribution in [3.8, 4) is 5.69 Å². The average Bonchev–Trinajstić information content (AvgIpc) is 3.01. The van der Waals surface area contributed by atoms with Crippen molar-refractivity contribution in [2.45, 2.75) is 12.2 Å². The Labute approximate surface area is 149 Å². The molecule has 0 amide bonds. The molecule has 0 N–H and O–H groups in total. The van der Waals surface area contributed by atoms with Gasteiger partial charge in [0.2, 0.25) is 0 Å². The van der Waals surface area contributed by atoms with E-state index < -0.39 is 0 Å². The van der Waals surface area contributed by atoms with Crippen molar-refractivity contribution in [3.05, 3.63) is 50.9 Å². The van der Waals surface area contributed by atoms with E-state index in [0.29, 0.717) is 29.5 Å². The fourth-order valence-electron chi connectivity index (χ4n) is 2.80. The van der Waals surface area contributed by atoms with E-state index in [9.17, 15) is 4.79 Å². The molecule has 2 atom stereocenters. The maximum absolute atomic E-state index is 12.6. The number of hydrogen-bond acceptors (Lipinski definition) is 5. The molecule has 1 saturated heterocycles. The van der Waals surface area contributed by atoms with E-state index in [1.807, 2.05) is 4.90 Å². The Morgan fingerprint density at radius 2 is 1.67 bits per heavy atom. The van der Waals surface area contributed by atoms with Crippen LogP contribution >= 0.6 is 23.2 Å². The predicted molar refractivity (Wildman–Crippen MR) is 93.7 cm³/mol. The molecule has 0 bridgehead atoms. The monoisotopic (exact) mass is 369 g/mol. The normalized spacial score (nSPS) is 20.6. The highest BCUT2D eigenvalue weighted by atomic mass is 35.5. The lowest BCUT2D eigenvalue weighted by molar-refractivity contribution is -0.00461.